The first-order valence-electron chi connectivity index (χ1n) is 6.57. The highest BCUT2D eigenvalue weighted by molar-refractivity contribution is 5.78. The molecule has 2 aromatic heterocycles. The van der Waals surface area contributed by atoms with Gasteiger partial charge in [0.2, 0.25) is 0 Å². The van der Waals surface area contributed by atoms with Crippen molar-refractivity contribution in [3.8, 4) is 0 Å². The molecule has 0 aliphatic heterocycles. The van der Waals surface area contributed by atoms with Crippen LogP contribution in [-0.2, 0) is 6.42 Å². The molecule has 0 saturated carbocycles. The van der Waals surface area contributed by atoms with Crippen molar-refractivity contribution in [3.05, 3.63) is 72.2 Å². The van der Waals surface area contributed by atoms with E-state index >= 15 is 0 Å². The Morgan fingerprint density at radius 2 is 1.90 bits per heavy atom. The molecule has 1 unspecified atom stereocenters. The minimum Gasteiger partial charge on any atom is -0.271 e. The van der Waals surface area contributed by atoms with Crippen LogP contribution in [0.25, 0.3) is 10.9 Å². The predicted molar refractivity (Wildman–Crippen MR) is 79.7 cm³/mol. The summed E-state index contributed by atoms with van der Waals surface area (Å²) >= 11 is 0. The number of nitrogens with zero attached hydrogens (tertiary/aromatic N) is 2. The number of rotatable bonds is 4. The van der Waals surface area contributed by atoms with Crippen LogP contribution in [0.4, 0.5) is 0 Å². The third kappa shape index (κ3) is 2.66. The van der Waals surface area contributed by atoms with E-state index in [4.69, 9.17) is 5.84 Å². The zero-order valence-electron chi connectivity index (χ0n) is 11.0. The number of hydrogen-bond donors (Lipinski definition) is 2. The molecule has 0 bridgehead atoms. The van der Waals surface area contributed by atoms with Crippen LogP contribution in [0.3, 0.4) is 0 Å². The SMILES string of the molecule is NNC(Cc1ccccn1)c1cnc2ccccc2c1. The predicted octanol–water partition coefficient (Wildman–Crippen LogP) is 2.38. The smallest absolute Gasteiger partial charge is 0.0702 e. The molecule has 0 aliphatic rings. The van der Waals surface area contributed by atoms with E-state index in [1.54, 1.807) is 6.20 Å². The first-order chi connectivity index (χ1) is 9.86. The zero-order chi connectivity index (χ0) is 13.8. The highest BCUT2D eigenvalue weighted by atomic mass is 15.2. The molecule has 0 fully saturated rings. The largest absolute Gasteiger partial charge is 0.271 e. The average Bonchev–Trinajstić information content (AvgIpc) is 2.53. The highest BCUT2D eigenvalue weighted by Gasteiger charge is 2.12. The Kier molecular flexibility index (Phi) is 3.67. The van der Waals surface area contributed by atoms with Crippen LogP contribution in [0.5, 0.6) is 0 Å². The maximum atomic E-state index is 5.69. The lowest BCUT2D eigenvalue weighted by Gasteiger charge is -2.16. The first kappa shape index (κ1) is 12.7. The van der Waals surface area contributed by atoms with Gasteiger partial charge in [-0.3, -0.25) is 21.2 Å². The van der Waals surface area contributed by atoms with Gasteiger partial charge in [0.15, 0.2) is 0 Å². The van der Waals surface area contributed by atoms with E-state index in [1.807, 2.05) is 42.6 Å². The Bertz CT molecular complexity index is 697. The second kappa shape index (κ2) is 5.77. The number of benzene rings is 1. The van der Waals surface area contributed by atoms with Crippen LogP contribution in [0.15, 0.2) is 60.9 Å². The summed E-state index contributed by atoms with van der Waals surface area (Å²) in [5.41, 5.74) is 5.91. The quantitative estimate of drug-likeness (QED) is 0.561. The van der Waals surface area contributed by atoms with E-state index < -0.39 is 0 Å². The van der Waals surface area contributed by atoms with Crippen LogP contribution in [-0.4, -0.2) is 9.97 Å². The summed E-state index contributed by atoms with van der Waals surface area (Å²) < 4.78 is 0. The molecule has 1 aromatic carbocycles. The van der Waals surface area contributed by atoms with Crippen LogP contribution in [0, 0.1) is 0 Å². The van der Waals surface area contributed by atoms with Gasteiger partial charge in [0.05, 0.1) is 11.6 Å². The van der Waals surface area contributed by atoms with E-state index in [0.717, 1.165) is 28.6 Å². The lowest BCUT2D eigenvalue weighted by Crippen LogP contribution is -2.29. The van der Waals surface area contributed by atoms with Gasteiger partial charge in [-0.05, 0) is 29.8 Å². The molecular formula is C16H16N4. The van der Waals surface area contributed by atoms with E-state index in [1.165, 1.54) is 0 Å². The molecule has 4 nitrogen and oxygen atoms in total. The molecule has 4 heteroatoms. The minimum absolute atomic E-state index is 0.00186. The lowest BCUT2D eigenvalue weighted by molar-refractivity contribution is 0.545. The minimum atomic E-state index is 0.00186. The van der Waals surface area contributed by atoms with Crippen LogP contribution < -0.4 is 11.3 Å². The fourth-order valence-electron chi connectivity index (χ4n) is 2.28. The molecule has 0 amide bonds. The third-order valence-corrected chi connectivity index (χ3v) is 3.35. The van der Waals surface area contributed by atoms with Crippen molar-refractivity contribution in [3.63, 3.8) is 0 Å². The second-order valence-corrected chi connectivity index (χ2v) is 4.71. The van der Waals surface area contributed by atoms with Crippen LogP contribution in [0.2, 0.25) is 0 Å². The number of aromatic nitrogens is 2. The van der Waals surface area contributed by atoms with Gasteiger partial charge in [-0.15, -0.1) is 0 Å². The number of nitrogens with one attached hydrogen (secondary N) is 1. The summed E-state index contributed by atoms with van der Waals surface area (Å²) in [5.74, 6) is 5.69. The monoisotopic (exact) mass is 264 g/mol. The van der Waals surface area contributed by atoms with Gasteiger partial charge < -0.3 is 0 Å². The molecule has 1 atom stereocenters. The van der Waals surface area contributed by atoms with Gasteiger partial charge in [0.25, 0.3) is 0 Å². The maximum Gasteiger partial charge on any atom is 0.0702 e. The van der Waals surface area contributed by atoms with E-state index in [9.17, 15) is 0 Å². The lowest BCUT2D eigenvalue weighted by atomic mass is 10.0. The van der Waals surface area contributed by atoms with Crippen molar-refractivity contribution in [1.82, 2.24) is 15.4 Å². The summed E-state index contributed by atoms with van der Waals surface area (Å²) in [5, 5.41) is 1.12. The fraction of sp³-hybridized carbons (Fsp3) is 0.125. The fourth-order valence-corrected chi connectivity index (χ4v) is 2.28. The molecule has 0 radical (unpaired) electrons. The summed E-state index contributed by atoms with van der Waals surface area (Å²) in [6.45, 7) is 0. The molecule has 3 aromatic rings. The van der Waals surface area contributed by atoms with Crippen LogP contribution in [0.1, 0.15) is 17.3 Å². The number of para-hydroxylation sites is 1. The Balaban J connectivity index is 1.91. The molecule has 3 rings (SSSR count). The molecule has 100 valence electrons. The molecule has 2 heterocycles. The summed E-state index contributed by atoms with van der Waals surface area (Å²) in [4.78, 5) is 8.81. The van der Waals surface area contributed by atoms with Crippen molar-refractivity contribution < 1.29 is 0 Å². The van der Waals surface area contributed by atoms with Crippen molar-refractivity contribution >= 4 is 10.9 Å². The molecular weight excluding hydrogens is 248 g/mol. The standard InChI is InChI=1S/C16H16N4/c17-20-16(10-14-6-3-4-8-18-14)13-9-12-5-1-2-7-15(12)19-11-13/h1-9,11,16,20H,10,17H2. The summed E-state index contributed by atoms with van der Waals surface area (Å²) in [7, 11) is 0. The number of hydrazine groups is 1. The first-order valence-corrected chi connectivity index (χ1v) is 6.57. The van der Waals surface area contributed by atoms with Gasteiger partial charge in [0.1, 0.15) is 0 Å². The average molecular weight is 264 g/mol. The number of fused-ring (bicyclic) bond motifs is 1. The second-order valence-electron chi connectivity index (χ2n) is 4.71. The molecule has 20 heavy (non-hydrogen) atoms. The molecule has 0 spiro atoms. The number of pyridine rings is 2. The van der Waals surface area contributed by atoms with Gasteiger partial charge in [-0.25, -0.2) is 0 Å². The summed E-state index contributed by atoms with van der Waals surface area (Å²) in [6.07, 6.45) is 4.40. The Morgan fingerprint density at radius 3 is 2.70 bits per heavy atom. The zero-order valence-corrected chi connectivity index (χ0v) is 11.0. The van der Waals surface area contributed by atoms with Crippen molar-refractivity contribution in [2.24, 2.45) is 5.84 Å². The topological polar surface area (TPSA) is 63.8 Å². The molecule has 0 aliphatic carbocycles. The van der Waals surface area contributed by atoms with E-state index in [-0.39, 0.29) is 6.04 Å². The molecule has 0 saturated heterocycles. The van der Waals surface area contributed by atoms with Gasteiger partial charge >= 0.3 is 0 Å². The molecule has 3 N–H and O–H groups in total. The number of nitrogens with two attached hydrogens (primary N) is 1. The van der Waals surface area contributed by atoms with E-state index in [0.29, 0.717) is 0 Å². The third-order valence-electron chi connectivity index (χ3n) is 3.35. The maximum absolute atomic E-state index is 5.69. The highest BCUT2D eigenvalue weighted by Crippen LogP contribution is 2.20. The van der Waals surface area contributed by atoms with Crippen molar-refractivity contribution in [1.29, 1.82) is 0 Å². The van der Waals surface area contributed by atoms with Crippen LogP contribution >= 0.6 is 0 Å². The summed E-state index contributed by atoms with van der Waals surface area (Å²) in [6, 6.07) is 16.1. The van der Waals surface area contributed by atoms with Crippen molar-refractivity contribution in [2.45, 2.75) is 12.5 Å². The van der Waals surface area contributed by atoms with E-state index in [2.05, 4.69) is 27.5 Å². The van der Waals surface area contributed by atoms with Gasteiger partial charge in [-0.1, -0.05) is 24.3 Å². The Morgan fingerprint density at radius 1 is 1.05 bits per heavy atom. The number of hydrogen-bond acceptors (Lipinski definition) is 4. The normalized spacial score (nSPS) is 12.4. The Labute approximate surface area is 117 Å². The van der Waals surface area contributed by atoms with Gasteiger partial charge in [-0.2, -0.15) is 0 Å². The van der Waals surface area contributed by atoms with Crippen molar-refractivity contribution in [2.75, 3.05) is 0 Å². The van der Waals surface area contributed by atoms with Gasteiger partial charge in [0, 0.05) is 29.9 Å². The Hall–Kier alpha value is -2.30.